The van der Waals surface area contributed by atoms with E-state index in [1.165, 1.54) is 0 Å². The van der Waals surface area contributed by atoms with Crippen molar-refractivity contribution in [2.75, 3.05) is 18.4 Å². The highest BCUT2D eigenvalue weighted by molar-refractivity contribution is 7.09. The van der Waals surface area contributed by atoms with Gasteiger partial charge in [0, 0.05) is 18.1 Å². The van der Waals surface area contributed by atoms with Gasteiger partial charge in [-0.3, -0.25) is 4.79 Å². The number of carbonyl (C=O) groups excluding carboxylic acids is 1. The zero-order valence-electron chi connectivity index (χ0n) is 9.84. The maximum Gasteiger partial charge on any atom is 0.452 e. The molecule has 0 aromatic carbocycles. The standard InChI is InChI=1S/C9H13F3N4OS/c1-5(2)3-13-6(17)4-14-8-15-7(16-18-8)9(10,11)12/h5H,3-4H2,1-2H3,(H,13,17)(H,14,15,16). The first-order valence-electron chi connectivity index (χ1n) is 5.20. The minimum absolute atomic E-state index is 0.0259. The van der Waals surface area contributed by atoms with Crippen molar-refractivity contribution in [3.8, 4) is 0 Å². The molecule has 0 saturated carbocycles. The molecular weight excluding hydrogens is 269 g/mol. The molecule has 9 heteroatoms. The summed E-state index contributed by atoms with van der Waals surface area (Å²) in [5, 5.41) is 5.09. The first-order chi connectivity index (χ1) is 8.29. The molecule has 0 radical (unpaired) electrons. The number of aromatic nitrogens is 2. The van der Waals surface area contributed by atoms with Gasteiger partial charge in [0.15, 0.2) is 0 Å². The Hall–Kier alpha value is -1.38. The van der Waals surface area contributed by atoms with Crippen LogP contribution in [0.2, 0.25) is 0 Å². The molecule has 1 aromatic rings. The molecule has 0 spiro atoms. The number of carbonyl (C=O) groups is 1. The Morgan fingerprint density at radius 2 is 2.11 bits per heavy atom. The smallest absolute Gasteiger partial charge is 0.354 e. The SMILES string of the molecule is CC(C)CNC(=O)CNc1nc(C(F)(F)F)ns1. The lowest BCUT2D eigenvalue weighted by atomic mass is 10.2. The normalized spacial score (nSPS) is 11.7. The summed E-state index contributed by atoms with van der Waals surface area (Å²) in [5.74, 6) is -1.18. The molecule has 0 aliphatic carbocycles. The first-order valence-corrected chi connectivity index (χ1v) is 5.98. The lowest BCUT2D eigenvalue weighted by Gasteiger charge is -2.07. The highest BCUT2D eigenvalue weighted by Gasteiger charge is 2.36. The molecule has 1 heterocycles. The summed E-state index contributed by atoms with van der Waals surface area (Å²) in [6, 6.07) is 0. The molecule has 0 unspecified atom stereocenters. The molecule has 0 aliphatic heterocycles. The zero-order valence-corrected chi connectivity index (χ0v) is 10.7. The Labute approximate surface area is 106 Å². The molecule has 1 rings (SSSR count). The van der Waals surface area contributed by atoms with Crippen molar-refractivity contribution in [3.63, 3.8) is 0 Å². The Bertz CT molecular complexity index is 405. The van der Waals surface area contributed by atoms with Gasteiger partial charge < -0.3 is 10.6 Å². The molecule has 102 valence electrons. The van der Waals surface area contributed by atoms with E-state index in [0.717, 1.165) is 0 Å². The van der Waals surface area contributed by atoms with E-state index in [2.05, 4.69) is 20.0 Å². The summed E-state index contributed by atoms with van der Waals surface area (Å²) in [4.78, 5) is 14.5. The molecular formula is C9H13F3N4OS. The lowest BCUT2D eigenvalue weighted by Crippen LogP contribution is -2.32. The van der Waals surface area contributed by atoms with Crippen molar-refractivity contribution in [2.24, 2.45) is 5.92 Å². The number of alkyl halides is 3. The van der Waals surface area contributed by atoms with Crippen LogP contribution in [0.3, 0.4) is 0 Å². The van der Waals surface area contributed by atoms with Crippen molar-refractivity contribution in [1.29, 1.82) is 0 Å². The molecule has 2 N–H and O–H groups in total. The summed E-state index contributed by atoms with van der Waals surface area (Å²) < 4.78 is 39.7. The monoisotopic (exact) mass is 282 g/mol. The first kappa shape index (κ1) is 14.7. The molecule has 0 fully saturated rings. The van der Waals surface area contributed by atoms with Crippen LogP contribution in [0, 0.1) is 5.92 Å². The van der Waals surface area contributed by atoms with E-state index in [1.807, 2.05) is 13.8 Å². The van der Waals surface area contributed by atoms with Crippen LogP contribution in [0.15, 0.2) is 0 Å². The van der Waals surface area contributed by atoms with Crippen LogP contribution in [-0.2, 0) is 11.0 Å². The van der Waals surface area contributed by atoms with E-state index in [-0.39, 0.29) is 17.6 Å². The average molecular weight is 282 g/mol. The average Bonchev–Trinajstić information content (AvgIpc) is 2.71. The van der Waals surface area contributed by atoms with E-state index in [0.29, 0.717) is 24.0 Å². The second kappa shape index (κ2) is 5.98. The van der Waals surface area contributed by atoms with Crippen molar-refractivity contribution < 1.29 is 18.0 Å². The Morgan fingerprint density at radius 3 is 2.61 bits per heavy atom. The molecule has 1 amide bonds. The molecule has 0 bridgehead atoms. The van der Waals surface area contributed by atoms with Gasteiger partial charge in [0.05, 0.1) is 6.54 Å². The lowest BCUT2D eigenvalue weighted by molar-refractivity contribution is -0.144. The molecule has 1 aromatic heterocycles. The Balaban J connectivity index is 2.40. The van der Waals surface area contributed by atoms with E-state index in [1.54, 1.807) is 0 Å². The van der Waals surface area contributed by atoms with Crippen LogP contribution in [-0.4, -0.2) is 28.4 Å². The number of anilines is 1. The Kier molecular flexibility index (Phi) is 4.88. The van der Waals surface area contributed by atoms with Gasteiger partial charge in [-0.25, -0.2) is 0 Å². The third-order valence-electron chi connectivity index (χ3n) is 1.79. The summed E-state index contributed by atoms with van der Waals surface area (Å²) >= 11 is 0.571. The van der Waals surface area contributed by atoms with Crippen molar-refractivity contribution >= 4 is 22.6 Å². The zero-order chi connectivity index (χ0) is 13.8. The maximum atomic E-state index is 12.2. The van der Waals surface area contributed by atoms with Crippen LogP contribution in [0.1, 0.15) is 19.7 Å². The van der Waals surface area contributed by atoms with Crippen LogP contribution >= 0.6 is 11.5 Å². The molecule has 0 aliphatic rings. The third-order valence-corrected chi connectivity index (χ3v) is 2.46. The number of rotatable bonds is 5. The van der Waals surface area contributed by atoms with Gasteiger partial charge in [-0.1, -0.05) is 13.8 Å². The van der Waals surface area contributed by atoms with Gasteiger partial charge >= 0.3 is 6.18 Å². The molecule has 0 atom stereocenters. The fourth-order valence-corrected chi connectivity index (χ4v) is 1.53. The van der Waals surface area contributed by atoms with Gasteiger partial charge in [-0.15, -0.1) is 0 Å². The third kappa shape index (κ3) is 4.86. The minimum atomic E-state index is -4.56. The summed E-state index contributed by atoms with van der Waals surface area (Å²) in [5.41, 5.74) is 0. The molecule has 0 saturated heterocycles. The van der Waals surface area contributed by atoms with Crippen molar-refractivity contribution in [1.82, 2.24) is 14.7 Å². The van der Waals surface area contributed by atoms with Crippen LogP contribution in [0.25, 0.3) is 0 Å². The number of amides is 1. The van der Waals surface area contributed by atoms with Crippen LogP contribution in [0.5, 0.6) is 0 Å². The Morgan fingerprint density at radius 1 is 1.44 bits per heavy atom. The van der Waals surface area contributed by atoms with Gasteiger partial charge in [0.1, 0.15) is 0 Å². The summed E-state index contributed by atoms with van der Waals surface area (Å²) in [7, 11) is 0. The van der Waals surface area contributed by atoms with E-state index in [4.69, 9.17) is 0 Å². The van der Waals surface area contributed by atoms with Crippen molar-refractivity contribution in [2.45, 2.75) is 20.0 Å². The largest absolute Gasteiger partial charge is 0.452 e. The predicted molar refractivity (Wildman–Crippen MR) is 61.2 cm³/mol. The van der Waals surface area contributed by atoms with E-state index in [9.17, 15) is 18.0 Å². The fourth-order valence-electron chi connectivity index (χ4n) is 0.947. The summed E-state index contributed by atoms with van der Waals surface area (Å²) in [6.07, 6.45) is -4.56. The van der Waals surface area contributed by atoms with E-state index >= 15 is 0 Å². The second-order valence-electron chi connectivity index (χ2n) is 3.97. The van der Waals surface area contributed by atoms with E-state index < -0.39 is 12.0 Å². The van der Waals surface area contributed by atoms with Gasteiger partial charge in [-0.05, 0) is 5.92 Å². The number of hydrogen-bond acceptors (Lipinski definition) is 5. The second-order valence-corrected chi connectivity index (χ2v) is 4.72. The van der Waals surface area contributed by atoms with Gasteiger partial charge in [-0.2, -0.15) is 22.5 Å². The topological polar surface area (TPSA) is 66.9 Å². The number of nitrogens with zero attached hydrogens (tertiary/aromatic N) is 2. The molecule has 18 heavy (non-hydrogen) atoms. The number of nitrogens with one attached hydrogen (secondary N) is 2. The fraction of sp³-hybridized carbons (Fsp3) is 0.667. The number of halogens is 3. The van der Waals surface area contributed by atoms with Gasteiger partial charge in [0.2, 0.25) is 16.9 Å². The quantitative estimate of drug-likeness (QED) is 0.863. The van der Waals surface area contributed by atoms with Gasteiger partial charge in [0.25, 0.3) is 0 Å². The summed E-state index contributed by atoms with van der Waals surface area (Å²) in [6.45, 7) is 4.27. The van der Waals surface area contributed by atoms with Crippen LogP contribution < -0.4 is 10.6 Å². The highest BCUT2D eigenvalue weighted by Crippen LogP contribution is 2.28. The molecule has 5 nitrogen and oxygen atoms in total. The highest BCUT2D eigenvalue weighted by atomic mass is 32.1. The van der Waals surface area contributed by atoms with Crippen molar-refractivity contribution in [3.05, 3.63) is 5.82 Å². The predicted octanol–water partition coefficient (Wildman–Crippen LogP) is 1.74. The number of hydrogen-bond donors (Lipinski definition) is 2. The minimum Gasteiger partial charge on any atom is -0.354 e. The van der Waals surface area contributed by atoms with Crippen LogP contribution in [0.4, 0.5) is 18.3 Å². The maximum absolute atomic E-state index is 12.2.